The van der Waals surface area contributed by atoms with Crippen LogP contribution >= 0.6 is 23.2 Å². The van der Waals surface area contributed by atoms with Crippen molar-refractivity contribution in [1.29, 1.82) is 0 Å². The van der Waals surface area contributed by atoms with Crippen molar-refractivity contribution in [2.24, 2.45) is 5.92 Å². The number of aliphatic carboxylic acids is 1. The van der Waals surface area contributed by atoms with E-state index in [0.717, 1.165) is 0 Å². The van der Waals surface area contributed by atoms with Crippen LogP contribution in [0.1, 0.15) is 13.3 Å². The van der Waals surface area contributed by atoms with Crippen molar-refractivity contribution in [3.63, 3.8) is 0 Å². The zero-order chi connectivity index (χ0) is 15.1. The Hall–Kier alpha value is -1.46. The predicted molar refractivity (Wildman–Crippen MR) is 76.4 cm³/mol. The Kier molecular flexibility index (Phi) is 6.61. The molecule has 0 saturated carbocycles. The highest BCUT2D eigenvalue weighted by atomic mass is 35.5. The number of benzene rings is 1. The summed E-state index contributed by atoms with van der Waals surface area (Å²) in [4.78, 5) is 22.1. The topological polar surface area (TPSA) is 75.6 Å². The Morgan fingerprint density at radius 2 is 2.10 bits per heavy atom. The molecule has 1 aromatic rings. The van der Waals surface area contributed by atoms with Gasteiger partial charge in [-0.25, -0.2) is 0 Å². The van der Waals surface area contributed by atoms with Crippen LogP contribution in [0.4, 0.5) is 0 Å². The maximum Gasteiger partial charge on any atom is 0.306 e. The van der Waals surface area contributed by atoms with Gasteiger partial charge in [-0.05, 0) is 18.6 Å². The van der Waals surface area contributed by atoms with Crippen LogP contribution in [0.15, 0.2) is 18.2 Å². The van der Waals surface area contributed by atoms with Gasteiger partial charge in [0.2, 0.25) is 0 Å². The van der Waals surface area contributed by atoms with Crippen molar-refractivity contribution in [1.82, 2.24) is 5.32 Å². The minimum absolute atomic E-state index is 0.207. The van der Waals surface area contributed by atoms with E-state index in [1.807, 2.05) is 0 Å². The maximum atomic E-state index is 11.5. The third-order valence-corrected chi connectivity index (χ3v) is 3.12. The third kappa shape index (κ3) is 5.67. The normalized spacial score (nSPS) is 11.8. The lowest BCUT2D eigenvalue weighted by Crippen LogP contribution is -2.31. The van der Waals surface area contributed by atoms with Gasteiger partial charge in [0.1, 0.15) is 5.75 Å². The summed E-state index contributed by atoms with van der Waals surface area (Å²) in [6.45, 7) is 1.65. The van der Waals surface area contributed by atoms with Crippen LogP contribution in [-0.2, 0) is 9.59 Å². The van der Waals surface area contributed by atoms with E-state index in [1.165, 1.54) is 6.07 Å². The number of hydrogen-bond acceptors (Lipinski definition) is 3. The summed E-state index contributed by atoms with van der Waals surface area (Å²) < 4.78 is 5.24. The SMILES string of the molecule is CC(CCNC(=O)COc1cc(Cl)ccc1Cl)C(=O)O. The van der Waals surface area contributed by atoms with Crippen LogP contribution in [0.3, 0.4) is 0 Å². The zero-order valence-corrected chi connectivity index (χ0v) is 12.4. The van der Waals surface area contributed by atoms with Gasteiger partial charge >= 0.3 is 5.97 Å². The molecule has 0 aromatic heterocycles. The van der Waals surface area contributed by atoms with Gasteiger partial charge < -0.3 is 15.2 Å². The predicted octanol–water partition coefficient (Wildman–Crippen LogP) is 2.60. The first-order chi connectivity index (χ1) is 9.40. The highest BCUT2D eigenvalue weighted by Gasteiger charge is 2.11. The maximum absolute atomic E-state index is 11.5. The second-order valence-electron chi connectivity index (χ2n) is 4.24. The van der Waals surface area contributed by atoms with Crippen molar-refractivity contribution in [3.8, 4) is 5.75 Å². The smallest absolute Gasteiger partial charge is 0.306 e. The van der Waals surface area contributed by atoms with Gasteiger partial charge in [-0.3, -0.25) is 9.59 Å². The molecule has 1 rings (SSSR count). The quantitative estimate of drug-likeness (QED) is 0.810. The van der Waals surface area contributed by atoms with Crippen molar-refractivity contribution >= 4 is 35.1 Å². The summed E-state index contributed by atoms with van der Waals surface area (Å²) in [7, 11) is 0. The second kappa shape index (κ2) is 7.97. The Morgan fingerprint density at radius 1 is 1.40 bits per heavy atom. The molecule has 5 nitrogen and oxygen atoms in total. The fraction of sp³-hybridized carbons (Fsp3) is 0.385. The summed E-state index contributed by atoms with van der Waals surface area (Å²) in [5.74, 6) is -1.41. The highest BCUT2D eigenvalue weighted by Crippen LogP contribution is 2.27. The molecule has 0 fully saturated rings. The molecular weight excluding hydrogens is 305 g/mol. The molecule has 1 atom stereocenters. The number of carboxylic acids is 1. The average molecular weight is 320 g/mol. The fourth-order valence-electron chi connectivity index (χ4n) is 1.33. The van der Waals surface area contributed by atoms with E-state index in [0.29, 0.717) is 22.2 Å². The van der Waals surface area contributed by atoms with Gasteiger partial charge in [-0.15, -0.1) is 0 Å². The molecule has 0 spiro atoms. The molecule has 2 N–H and O–H groups in total. The van der Waals surface area contributed by atoms with E-state index in [2.05, 4.69) is 5.32 Å². The van der Waals surface area contributed by atoms with Crippen LogP contribution in [0.5, 0.6) is 5.75 Å². The van der Waals surface area contributed by atoms with Gasteiger partial charge in [0, 0.05) is 17.6 Å². The van der Waals surface area contributed by atoms with Gasteiger partial charge in [-0.2, -0.15) is 0 Å². The van der Waals surface area contributed by atoms with E-state index in [4.69, 9.17) is 33.0 Å². The molecule has 0 aliphatic heterocycles. The number of amides is 1. The summed E-state index contributed by atoms with van der Waals surface area (Å²) in [5, 5.41) is 12.1. The number of ether oxygens (including phenoxy) is 1. The van der Waals surface area contributed by atoms with E-state index in [1.54, 1.807) is 19.1 Å². The van der Waals surface area contributed by atoms with E-state index in [-0.39, 0.29) is 19.1 Å². The minimum Gasteiger partial charge on any atom is -0.482 e. The van der Waals surface area contributed by atoms with Gasteiger partial charge in [0.05, 0.1) is 10.9 Å². The second-order valence-corrected chi connectivity index (χ2v) is 5.08. The lowest BCUT2D eigenvalue weighted by Gasteiger charge is -2.10. The number of halogens is 2. The summed E-state index contributed by atoms with van der Waals surface area (Å²) in [6.07, 6.45) is 0.360. The van der Waals surface area contributed by atoms with Crippen LogP contribution in [0.25, 0.3) is 0 Å². The van der Waals surface area contributed by atoms with E-state index < -0.39 is 11.9 Å². The molecule has 0 bridgehead atoms. The molecule has 1 aromatic carbocycles. The first-order valence-electron chi connectivity index (χ1n) is 5.97. The fourth-order valence-corrected chi connectivity index (χ4v) is 1.67. The molecule has 1 amide bonds. The summed E-state index contributed by atoms with van der Waals surface area (Å²) >= 11 is 11.7. The molecule has 0 aliphatic rings. The monoisotopic (exact) mass is 319 g/mol. The van der Waals surface area contributed by atoms with Gasteiger partial charge in [0.15, 0.2) is 6.61 Å². The summed E-state index contributed by atoms with van der Waals surface area (Å²) in [6, 6.07) is 4.71. The Labute approximate surface area is 126 Å². The third-order valence-electron chi connectivity index (χ3n) is 2.57. The number of rotatable bonds is 7. The summed E-state index contributed by atoms with van der Waals surface area (Å²) in [5.41, 5.74) is 0. The van der Waals surface area contributed by atoms with Crippen LogP contribution < -0.4 is 10.1 Å². The molecule has 0 aliphatic carbocycles. The Balaban J connectivity index is 2.33. The van der Waals surface area contributed by atoms with Gasteiger partial charge in [0.25, 0.3) is 5.91 Å². The lowest BCUT2D eigenvalue weighted by atomic mass is 10.1. The molecule has 0 saturated heterocycles. The molecule has 110 valence electrons. The minimum atomic E-state index is -0.888. The largest absolute Gasteiger partial charge is 0.482 e. The molecule has 1 unspecified atom stereocenters. The Morgan fingerprint density at radius 3 is 2.75 bits per heavy atom. The number of carbonyl (C=O) groups is 2. The van der Waals surface area contributed by atoms with Crippen LogP contribution in [0.2, 0.25) is 10.0 Å². The number of nitrogens with one attached hydrogen (secondary N) is 1. The molecule has 0 radical (unpaired) electrons. The number of hydrogen-bond donors (Lipinski definition) is 2. The van der Waals surface area contributed by atoms with Crippen LogP contribution in [0, 0.1) is 5.92 Å². The van der Waals surface area contributed by atoms with Crippen molar-refractivity contribution < 1.29 is 19.4 Å². The molecule has 20 heavy (non-hydrogen) atoms. The van der Waals surface area contributed by atoms with Gasteiger partial charge in [-0.1, -0.05) is 30.1 Å². The first-order valence-corrected chi connectivity index (χ1v) is 6.73. The number of carbonyl (C=O) groups excluding carboxylic acids is 1. The van der Waals surface area contributed by atoms with Crippen molar-refractivity contribution in [3.05, 3.63) is 28.2 Å². The molecule has 0 heterocycles. The highest BCUT2D eigenvalue weighted by molar-refractivity contribution is 6.34. The Bertz CT molecular complexity index is 493. The zero-order valence-electron chi connectivity index (χ0n) is 10.9. The standard InChI is InChI=1S/C13H15Cl2NO4/c1-8(13(18)19)4-5-16-12(17)7-20-11-6-9(14)2-3-10(11)15/h2-3,6,8H,4-5,7H2,1H3,(H,16,17)(H,18,19). The lowest BCUT2D eigenvalue weighted by molar-refractivity contribution is -0.141. The van der Waals surface area contributed by atoms with Crippen molar-refractivity contribution in [2.75, 3.05) is 13.2 Å². The van der Waals surface area contributed by atoms with E-state index >= 15 is 0 Å². The first kappa shape index (κ1) is 16.6. The molecular formula is C13H15Cl2NO4. The van der Waals surface area contributed by atoms with E-state index in [9.17, 15) is 9.59 Å². The number of carboxylic acid groups (broad SMARTS) is 1. The molecule has 7 heteroatoms. The van der Waals surface area contributed by atoms with Crippen molar-refractivity contribution in [2.45, 2.75) is 13.3 Å². The average Bonchev–Trinajstić information content (AvgIpc) is 2.39. The van der Waals surface area contributed by atoms with Crippen LogP contribution in [-0.4, -0.2) is 30.1 Å².